The predicted molar refractivity (Wildman–Crippen MR) is 107 cm³/mol. The number of anilines is 1. The lowest BCUT2D eigenvalue weighted by Gasteiger charge is -2.46. The summed E-state index contributed by atoms with van der Waals surface area (Å²) in [5.74, 6) is 2.01. The van der Waals surface area contributed by atoms with Gasteiger partial charge < -0.3 is 10.1 Å². The summed E-state index contributed by atoms with van der Waals surface area (Å²) in [6.07, 6.45) is 3.26. The number of ketones is 1. The zero-order valence-corrected chi connectivity index (χ0v) is 16.0. The summed E-state index contributed by atoms with van der Waals surface area (Å²) < 4.78 is 5.29. The van der Waals surface area contributed by atoms with Gasteiger partial charge >= 0.3 is 0 Å². The van der Waals surface area contributed by atoms with Crippen LogP contribution in [0.3, 0.4) is 0 Å². The molecule has 2 unspecified atom stereocenters. The Kier molecular flexibility index (Phi) is 5.65. The van der Waals surface area contributed by atoms with E-state index in [1.165, 1.54) is 5.56 Å². The Morgan fingerprint density at radius 3 is 2.42 bits per heavy atom. The van der Waals surface area contributed by atoms with E-state index in [0.29, 0.717) is 18.1 Å². The Morgan fingerprint density at radius 2 is 1.81 bits per heavy atom. The molecule has 0 aromatic heterocycles. The highest BCUT2D eigenvalue weighted by Gasteiger charge is 2.44. The fourth-order valence-electron chi connectivity index (χ4n) is 4.40. The highest BCUT2D eigenvalue weighted by atomic mass is 16.5. The summed E-state index contributed by atoms with van der Waals surface area (Å²) in [6, 6.07) is 18.7. The number of ether oxygens (including phenoxy) is 1. The minimum Gasteiger partial charge on any atom is -0.497 e. The molecule has 3 atom stereocenters. The topological polar surface area (TPSA) is 38.3 Å². The van der Waals surface area contributed by atoms with E-state index in [-0.39, 0.29) is 11.5 Å². The third-order valence-corrected chi connectivity index (χ3v) is 5.95. The average Bonchev–Trinajstić information content (AvgIpc) is 2.69. The van der Waals surface area contributed by atoms with Gasteiger partial charge in [0.1, 0.15) is 11.5 Å². The second-order valence-corrected chi connectivity index (χ2v) is 7.41. The van der Waals surface area contributed by atoms with Crippen LogP contribution in [-0.4, -0.2) is 12.9 Å². The number of hydrogen-bond acceptors (Lipinski definition) is 3. The first-order chi connectivity index (χ1) is 12.6. The molecule has 1 aliphatic carbocycles. The molecule has 1 aliphatic rings. The summed E-state index contributed by atoms with van der Waals surface area (Å²) in [6.45, 7) is 4.51. The maximum absolute atomic E-state index is 12.3. The number of nitrogens with one attached hydrogen (secondary N) is 1. The van der Waals surface area contributed by atoms with E-state index in [2.05, 4.69) is 55.6 Å². The number of Topliss-reactive ketones (excluding diaryl/α,β-unsaturated/α-hetero) is 1. The van der Waals surface area contributed by atoms with E-state index in [1.807, 2.05) is 18.2 Å². The van der Waals surface area contributed by atoms with Crippen LogP contribution in [0.1, 0.15) is 45.1 Å². The van der Waals surface area contributed by atoms with Crippen molar-refractivity contribution in [2.24, 2.45) is 11.8 Å². The molecule has 138 valence electrons. The highest BCUT2D eigenvalue weighted by molar-refractivity contribution is 5.79. The van der Waals surface area contributed by atoms with Crippen molar-refractivity contribution in [3.8, 4) is 5.75 Å². The van der Waals surface area contributed by atoms with Gasteiger partial charge in [0.25, 0.3) is 0 Å². The van der Waals surface area contributed by atoms with Crippen LogP contribution < -0.4 is 10.1 Å². The van der Waals surface area contributed by atoms with E-state index < -0.39 is 0 Å². The van der Waals surface area contributed by atoms with Crippen LogP contribution in [-0.2, 0) is 10.3 Å². The van der Waals surface area contributed by atoms with Crippen molar-refractivity contribution in [1.82, 2.24) is 0 Å². The first-order valence-corrected chi connectivity index (χ1v) is 9.58. The van der Waals surface area contributed by atoms with Crippen LogP contribution in [0.25, 0.3) is 0 Å². The Labute approximate surface area is 156 Å². The quantitative estimate of drug-likeness (QED) is 0.755. The second-order valence-electron chi connectivity index (χ2n) is 7.41. The molecular weight excluding hydrogens is 322 g/mol. The first-order valence-electron chi connectivity index (χ1n) is 9.58. The Morgan fingerprint density at radius 1 is 1.12 bits per heavy atom. The van der Waals surface area contributed by atoms with E-state index in [1.54, 1.807) is 7.11 Å². The van der Waals surface area contributed by atoms with Gasteiger partial charge in [-0.25, -0.2) is 0 Å². The molecule has 0 saturated heterocycles. The van der Waals surface area contributed by atoms with Crippen molar-refractivity contribution in [2.45, 2.75) is 45.1 Å². The Hall–Kier alpha value is -2.29. The number of carbonyl (C=O) groups is 1. The molecule has 0 aliphatic heterocycles. The van der Waals surface area contributed by atoms with Crippen LogP contribution in [0.4, 0.5) is 5.69 Å². The molecule has 3 heteroatoms. The van der Waals surface area contributed by atoms with E-state index in [0.717, 1.165) is 30.7 Å². The van der Waals surface area contributed by atoms with Gasteiger partial charge in [0.2, 0.25) is 0 Å². The molecule has 1 fully saturated rings. The van der Waals surface area contributed by atoms with Crippen LogP contribution in [0.5, 0.6) is 5.75 Å². The number of carbonyl (C=O) groups excluding carboxylic acids is 1. The molecule has 0 amide bonds. The number of hydrogen-bond donors (Lipinski definition) is 1. The van der Waals surface area contributed by atoms with Crippen molar-refractivity contribution in [3.63, 3.8) is 0 Å². The van der Waals surface area contributed by atoms with Crippen molar-refractivity contribution >= 4 is 11.5 Å². The lowest BCUT2D eigenvalue weighted by atomic mass is 9.64. The molecule has 2 aromatic rings. The molecule has 2 aromatic carbocycles. The minimum atomic E-state index is -0.259. The van der Waals surface area contributed by atoms with Crippen LogP contribution in [0, 0.1) is 11.8 Å². The summed E-state index contributed by atoms with van der Waals surface area (Å²) >= 11 is 0. The van der Waals surface area contributed by atoms with Gasteiger partial charge in [0, 0.05) is 18.5 Å². The minimum absolute atomic E-state index is 0.259. The van der Waals surface area contributed by atoms with Gasteiger partial charge in [0.15, 0.2) is 0 Å². The largest absolute Gasteiger partial charge is 0.497 e. The fourth-order valence-corrected chi connectivity index (χ4v) is 4.40. The third-order valence-electron chi connectivity index (χ3n) is 5.95. The molecule has 0 radical (unpaired) electrons. The summed E-state index contributed by atoms with van der Waals surface area (Å²) in [7, 11) is 1.68. The maximum atomic E-state index is 12.3. The lowest BCUT2D eigenvalue weighted by molar-refractivity contribution is -0.123. The van der Waals surface area contributed by atoms with E-state index in [9.17, 15) is 4.79 Å². The van der Waals surface area contributed by atoms with Gasteiger partial charge in [-0.3, -0.25) is 4.79 Å². The molecular formula is C23H29NO2. The molecule has 0 heterocycles. The first kappa shape index (κ1) is 18.5. The standard InChI is InChI=1S/C23H29NO2/c1-4-23(18-8-6-5-7-9-18,22-16-20(25)13-10-17(22)2)24-19-11-14-21(26-3)15-12-19/h5-9,11-12,14-15,17,22,24H,4,10,13,16H2,1-3H3/t17?,22?,23-/m0/s1. The molecule has 3 nitrogen and oxygen atoms in total. The molecule has 0 spiro atoms. The predicted octanol–water partition coefficient (Wildman–Crippen LogP) is 5.42. The zero-order valence-electron chi connectivity index (χ0n) is 16.0. The monoisotopic (exact) mass is 351 g/mol. The maximum Gasteiger partial charge on any atom is 0.133 e. The Bertz CT molecular complexity index is 726. The van der Waals surface area contributed by atoms with Crippen molar-refractivity contribution in [1.29, 1.82) is 0 Å². The van der Waals surface area contributed by atoms with Gasteiger partial charge in [0.05, 0.1) is 12.6 Å². The zero-order chi connectivity index (χ0) is 18.6. The highest BCUT2D eigenvalue weighted by Crippen LogP contribution is 2.45. The number of benzene rings is 2. The number of rotatable bonds is 6. The van der Waals surface area contributed by atoms with Gasteiger partial charge in [-0.15, -0.1) is 0 Å². The molecule has 26 heavy (non-hydrogen) atoms. The van der Waals surface area contributed by atoms with Gasteiger partial charge in [-0.1, -0.05) is 44.2 Å². The molecule has 0 bridgehead atoms. The van der Waals surface area contributed by atoms with Crippen LogP contribution >= 0.6 is 0 Å². The normalized spacial score (nSPS) is 22.5. The summed E-state index contributed by atoms with van der Waals surface area (Å²) in [5, 5.41) is 3.82. The third kappa shape index (κ3) is 3.62. The second kappa shape index (κ2) is 7.94. The summed E-state index contributed by atoms with van der Waals surface area (Å²) in [4.78, 5) is 12.3. The van der Waals surface area contributed by atoms with Crippen molar-refractivity contribution < 1.29 is 9.53 Å². The fraction of sp³-hybridized carbons (Fsp3) is 0.435. The number of methoxy groups -OCH3 is 1. The van der Waals surface area contributed by atoms with Crippen molar-refractivity contribution in [2.75, 3.05) is 12.4 Å². The van der Waals surface area contributed by atoms with Gasteiger partial charge in [-0.2, -0.15) is 0 Å². The van der Waals surface area contributed by atoms with E-state index >= 15 is 0 Å². The molecule has 1 N–H and O–H groups in total. The molecule has 3 rings (SSSR count). The Balaban J connectivity index is 2.03. The van der Waals surface area contributed by atoms with Gasteiger partial charge in [-0.05, 0) is 54.5 Å². The van der Waals surface area contributed by atoms with Crippen molar-refractivity contribution in [3.05, 3.63) is 60.2 Å². The molecule has 1 saturated carbocycles. The summed E-state index contributed by atoms with van der Waals surface area (Å²) in [5.41, 5.74) is 2.05. The smallest absolute Gasteiger partial charge is 0.133 e. The van der Waals surface area contributed by atoms with Crippen LogP contribution in [0.2, 0.25) is 0 Å². The SMILES string of the molecule is CC[C@](Nc1ccc(OC)cc1)(c1ccccc1)C1CC(=O)CCC1C. The van der Waals surface area contributed by atoms with E-state index in [4.69, 9.17) is 4.74 Å². The lowest BCUT2D eigenvalue weighted by Crippen LogP contribution is -2.47. The van der Waals surface area contributed by atoms with Crippen LogP contribution in [0.15, 0.2) is 54.6 Å². The average molecular weight is 351 g/mol.